The molecule has 212 valence electrons. The zero-order valence-corrected chi connectivity index (χ0v) is 23.8. The van der Waals surface area contributed by atoms with E-state index in [-0.39, 0.29) is 23.4 Å². The fourth-order valence-corrected chi connectivity index (χ4v) is 4.71. The van der Waals surface area contributed by atoms with Gasteiger partial charge in [-0.25, -0.2) is 9.07 Å². The third-order valence-corrected chi connectivity index (χ3v) is 7.08. The second-order valence-electron chi connectivity index (χ2n) is 10.1. The van der Waals surface area contributed by atoms with E-state index in [4.69, 9.17) is 9.84 Å². The van der Waals surface area contributed by atoms with E-state index in [2.05, 4.69) is 6.92 Å². The van der Waals surface area contributed by atoms with Crippen LogP contribution in [-0.2, 0) is 9.59 Å². The highest BCUT2D eigenvalue weighted by Gasteiger charge is 2.35. The number of benzene rings is 2. The number of nitriles is 1. The fourth-order valence-electron chi connectivity index (χ4n) is 4.71. The van der Waals surface area contributed by atoms with Crippen molar-refractivity contribution in [3.8, 4) is 28.8 Å². The minimum atomic E-state index is -0.565. The number of halogens is 1. The Morgan fingerprint density at radius 2 is 1.76 bits per heavy atom. The van der Waals surface area contributed by atoms with Crippen LogP contribution >= 0.6 is 0 Å². The molecule has 0 spiro atoms. The number of amides is 2. The second-order valence-corrected chi connectivity index (χ2v) is 10.1. The number of aromatic nitrogens is 2. The molecule has 8 heteroatoms. The summed E-state index contributed by atoms with van der Waals surface area (Å²) < 4.78 is 22.3. The quantitative estimate of drug-likeness (QED) is 0.136. The summed E-state index contributed by atoms with van der Waals surface area (Å²) in [7, 11) is 0. The molecule has 2 aromatic carbocycles. The van der Waals surface area contributed by atoms with E-state index >= 15 is 4.39 Å². The van der Waals surface area contributed by atoms with Gasteiger partial charge in [0.15, 0.2) is 11.6 Å². The molecule has 41 heavy (non-hydrogen) atoms. The lowest BCUT2D eigenvalue weighted by Gasteiger charge is -2.27. The van der Waals surface area contributed by atoms with Crippen LogP contribution in [0, 0.1) is 17.1 Å². The van der Waals surface area contributed by atoms with Crippen molar-refractivity contribution in [2.45, 2.75) is 59.3 Å². The van der Waals surface area contributed by atoms with E-state index in [1.165, 1.54) is 6.07 Å². The molecule has 0 unspecified atom stereocenters. The van der Waals surface area contributed by atoms with Crippen molar-refractivity contribution in [1.82, 2.24) is 14.7 Å². The minimum Gasteiger partial charge on any atom is -0.491 e. The van der Waals surface area contributed by atoms with Gasteiger partial charge in [0.2, 0.25) is 0 Å². The average molecular weight is 555 g/mol. The van der Waals surface area contributed by atoms with Gasteiger partial charge in [0.1, 0.15) is 17.3 Å². The van der Waals surface area contributed by atoms with E-state index in [0.29, 0.717) is 35.4 Å². The van der Waals surface area contributed by atoms with Crippen LogP contribution in [0.4, 0.5) is 4.39 Å². The maximum Gasteiger partial charge on any atom is 0.271 e. The number of hydrogen-bond acceptors (Lipinski definition) is 5. The third kappa shape index (κ3) is 6.63. The van der Waals surface area contributed by atoms with Gasteiger partial charge in [-0.1, -0.05) is 57.7 Å². The van der Waals surface area contributed by atoms with Crippen LogP contribution in [-0.4, -0.2) is 39.6 Å². The second kappa shape index (κ2) is 13.7. The van der Waals surface area contributed by atoms with Gasteiger partial charge >= 0.3 is 0 Å². The molecular weight excluding hydrogens is 519 g/mol. The molecular formula is C33H35FN4O3. The Labute approximate surface area is 240 Å². The Hall–Kier alpha value is -4.51. The summed E-state index contributed by atoms with van der Waals surface area (Å²) >= 11 is 0. The molecule has 0 saturated heterocycles. The molecule has 4 rings (SSSR count). The minimum absolute atomic E-state index is 0.0528. The predicted molar refractivity (Wildman–Crippen MR) is 157 cm³/mol. The maximum atomic E-state index is 15.1. The van der Waals surface area contributed by atoms with Crippen molar-refractivity contribution in [2.75, 3.05) is 13.2 Å². The summed E-state index contributed by atoms with van der Waals surface area (Å²) in [4.78, 5) is 27.8. The van der Waals surface area contributed by atoms with E-state index < -0.39 is 17.6 Å². The van der Waals surface area contributed by atoms with E-state index in [9.17, 15) is 14.9 Å². The summed E-state index contributed by atoms with van der Waals surface area (Å²) in [6.07, 6.45) is 8.74. The number of carbonyl (C=O) groups excluding carboxylic acids is 2. The molecule has 1 aliphatic rings. The molecule has 2 amide bonds. The van der Waals surface area contributed by atoms with Crippen molar-refractivity contribution >= 4 is 17.9 Å². The predicted octanol–water partition coefficient (Wildman–Crippen LogP) is 7.03. The van der Waals surface area contributed by atoms with Crippen LogP contribution in [0.5, 0.6) is 5.75 Å². The molecule has 0 N–H and O–H groups in total. The lowest BCUT2D eigenvalue weighted by Crippen LogP contribution is -2.43. The van der Waals surface area contributed by atoms with Crippen LogP contribution in [0.1, 0.15) is 64.9 Å². The molecule has 0 saturated carbocycles. The topological polar surface area (TPSA) is 88.2 Å². The fraction of sp³-hybridized carbons (Fsp3) is 0.333. The molecule has 2 heterocycles. The number of nitrogens with zero attached hydrogens (tertiary/aromatic N) is 4. The van der Waals surface area contributed by atoms with Crippen molar-refractivity contribution in [3.05, 3.63) is 82.8 Å². The molecule has 0 bridgehead atoms. The molecule has 0 fully saturated rings. The first-order valence-electron chi connectivity index (χ1n) is 14.2. The number of para-hydroxylation sites is 1. The Bertz CT molecular complexity index is 1510. The van der Waals surface area contributed by atoms with E-state index in [1.807, 2.05) is 43.3 Å². The van der Waals surface area contributed by atoms with E-state index in [0.717, 1.165) is 42.7 Å². The summed E-state index contributed by atoms with van der Waals surface area (Å²) in [5.41, 5.74) is 2.79. The smallest absolute Gasteiger partial charge is 0.271 e. The standard InChI is InChI=1S/C33H35FN4O3/c1-4-6-8-12-17-37-32(39)27(23(3)28(21-35)33(37)40)19-25-22-38(26-13-10-9-11-14-26)36-31(25)24-15-16-30(29(34)20-24)41-18-7-5-2/h9-11,13-16,19-20,22H,4-8,12,17-18H2,1-3H3/b27-19+. The van der Waals surface area contributed by atoms with Gasteiger partial charge in [0.05, 0.1) is 12.3 Å². The molecule has 1 aromatic heterocycles. The van der Waals surface area contributed by atoms with Crippen LogP contribution in [0.3, 0.4) is 0 Å². The van der Waals surface area contributed by atoms with Gasteiger partial charge < -0.3 is 4.74 Å². The summed E-state index contributed by atoms with van der Waals surface area (Å²) in [6, 6.07) is 16.1. The van der Waals surface area contributed by atoms with Gasteiger partial charge in [-0.05, 0) is 61.7 Å². The summed E-state index contributed by atoms with van der Waals surface area (Å²) in [6.45, 7) is 6.41. The molecule has 3 aromatic rings. The van der Waals surface area contributed by atoms with Crippen molar-refractivity contribution in [3.63, 3.8) is 0 Å². The number of hydrogen-bond donors (Lipinski definition) is 0. The zero-order chi connectivity index (χ0) is 29.4. The third-order valence-electron chi connectivity index (χ3n) is 7.08. The van der Waals surface area contributed by atoms with Gasteiger partial charge in [-0.2, -0.15) is 10.4 Å². The van der Waals surface area contributed by atoms with Gasteiger partial charge in [-0.3, -0.25) is 14.5 Å². The SMILES string of the molecule is CCCCCCN1C(=O)C(C#N)=C(C)/C(=C\c2cn(-c3ccccc3)nc2-c2ccc(OCCCC)c(F)c2)C1=O. The highest BCUT2D eigenvalue weighted by molar-refractivity contribution is 6.19. The number of unbranched alkanes of at least 4 members (excludes halogenated alkanes) is 4. The Morgan fingerprint density at radius 1 is 1.00 bits per heavy atom. The molecule has 0 aliphatic carbocycles. The van der Waals surface area contributed by atoms with Gasteiger partial charge in [0, 0.05) is 29.4 Å². The lowest BCUT2D eigenvalue weighted by molar-refractivity contribution is -0.140. The Balaban J connectivity index is 1.80. The monoisotopic (exact) mass is 554 g/mol. The average Bonchev–Trinajstić information content (AvgIpc) is 3.40. The lowest BCUT2D eigenvalue weighted by atomic mass is 9.93. The highest BCUT2D eigenvalue weighted by Crippen LogP contribution is 2.33. The molecule has 7 nitrogen and oxygen atoms in total. The van der Waals surface area contributed by atoms with Crippen LogP contribution in [0.2, 0.25) is 0 Å². The van der Waals surface area contributed by atoms with Gasteiger partial charge in [0.25, 0.3) is 11.8 Å². The Morgan fingerprint density at radius 3 is 2.44 bits per heavy atom. The largest absolute Gasteiger partial charge is 0.491 e. The zero-order valence-electron chi connectivity index (χ0n) is 23.8. The first-order chi connectivity index (χ1) is 19.9. The first-order valence-corrected chi connectivity index (χ1v) is 14.2. The molecule has 0 radical (unpaired) electrons. The number of carbonyl (C=O) groups is 2. The van der Waals surface area contributed by atoms with Crippen molar-refractivity contribution < 1.29 is 18.7 Å². The number of rotatable bonds is 12. The van der Waals surface area contributed by atoms with Crippen LogP contribution < -0.4 is 4.74 Å². The molecule has 0 atom stereocenters. The first kappa shape index (κ1) is 29.5. The van der Waals surface area contributed by atoms with Crippen molar-refractivity contribution in [2.24, 2.45) is 0 Å². The number of ether oxygens (including phenoxy) is 1. The van der Waals surface area contributed by atoms with Crippen LogP contribution in [0.15, 0.2) is 71.4 Å². The summed E-state index contributed by atoms with van der Waals surface area (Å²) in [5.74, 6) is -1.36. The Kier molecular flexibility index (Phi) is 9.86. The van der Waals surface area contributed by atoms with Crippen molar-refractivity contribution in [1.29, 1.82) is 5.26 Å². The van der Waals surface area contributed by atoms with E-state index in [1.54, 1.807) is 36.0 Å². The normalized spacial score (nSPS) is 14.6. The van der Waals surface area contributed by atoms with Crippen LogP contribution in [0.25, 0.3) is 23.0 Å². The highest BCUT2D eigenvalue weighted by atomic mass is 19.1. The summed E-state index contributed by atoms with van der Waals surface area (Å²) in [5, 5.41) is 14.5. The number of imide groups is 1. The van der Waals surface area contributed by atoms with Gasteiger partial charge in [-0.15, -0.1) is 0 Å². The maximum absolute atomic E-state index is 15.1. The molecule has 1 aliphatic heterocycles.